The van der Waals surface area contributed by atoms with Gasteiger partial charge in [-0.1, -0.05) is 17.7 Å². The second-order valence-electron chi connectivity index (χ2n) is 7.06. The van der Waals surface area contributed by atoms with Crippen molar-refractivity contribution in [3.8, 4) is 0 Å². The van der Waals surface area contributed by atoms with Gasteiger partial charge in [-0.2, -0.15) is 0 Å². The highest BCUT2D eigenvalue weighted by atomic mass is 32.2. The molecule has 1 N–H and O–H groups in total. The largest absolute Gasteiger partial charge is 0.296 e. The summed E-state index contributed by atoms with van der Waals surface area (Å²) in [6.45, 7) is 8.80. The number of benzene rings is 1. The van der Waals surface area contributed by atoms with E-state index in [0.29, 0.717) is 17.0 Å². The van der Waals surface area contributed by atoms with Gasteiger partial charge in [0.1, 0.15) is 0 Å². The molecule has 1 saturated heterocycles. The van der Waals surface area contributed by atoms with Crippen molar-refractivity contribution in [3.63, 3.8) is 0 Å². The molecule has 1 heterocycles. The molecule has 1 aliphatic heterocycles. The van der Waals surface area contributed by atoms with Gasteiger partial charge in [-0.25, -0.2) is 13.1 Å². The number of hydrogen-bond donors (Lipinski definition) is 1. The molecule has 22 heavy (non-hydrogen) atoms. The SMILES string of the molecule is Cc1cc(C)c(S(=O)(=O)N[C@@H]2C[C@@H](C)N(C3CC3)C2)c(C)c1. The molecule has 0 aromatic heterocycles. The number of hydrogen-bond acceptors (Lipinski definition) is 3. The van der Waals surface area contributed by atoms with E-state index in [1.807, 2.05) is 32.9 Å². The molecule has 0 spiro atoms. The van der Waals surface area contributed by atoms with Gasteiger partial charge < -0.3 is 0 Å². The zero-order valence-electron chi connectivity index (χ0n) is 13.9. The molecule has 2 aliphatic rings. The lowest BCUT2D eigenvalue weighted by Gasteiger charge is -2.20. The number of nitrogens with one attached hydrogen (secondary N) is 1. The number of sulfonamides is 1. The van der Waals surface area contributed by atoms with Gasteiger partial charge in [0.2, 0.25) is 10.0 Å². The second kappa shape index (κ2) is 5.62. The van der Waals surface area contributed by atoms with E-state index < -0.39 is 10.0 Å². The molecule has 1 saturated carbocycles. The average molecular weight is 322 g/mol. The Hall–Kier alpha value is -0.910. The Labute approximate surface area is 134 Å². The summed E-state index contributed by atoms with van der Waals surface area (Å²) in [6, 6.07) is 5.07. The van der Waals surface area contributed by atoms with E-state index in [4.69, 9.17) is 0 Å². The molecule has 4 nitrogen and oxygen atoms in total. The number of rotatable bonds is 4. The van der Waals surface area contributed by atoms with Crippen molar-refractivity contribution in [2.45, 2.75) is 70.0 Å². The number of likely N-dealkylation sites (tertiary alicyclic amines) is 1. The highest BCUT2D eigenvalue weighted by Crippen LogP contribution is 2.34. The first-order chi connectivity index (χ1) is 10.3. The third-order valence-electron chi connectivity index (χ3n) is 4.83. The predicted octanol–water partition coefficient (Wildman–Crippen LogP) is 2.52. The van der Waals surface area contributed by atoms with Crippen molar-refractivity contribution >= 4 is 10.0 Å². The first kappa shape index (κ1) is 16.0. The summed E-state index contributed by atoms with van der Waals surface area (Å²) in [7, 11) is -3.45. The van der Waals surface area contributed by atoms with Gasteiger partial charge in [0.25, 0.3) is 0 Å². The minimum atomic E-state index is -3.45. The van der Waals surface area contributed by atoms with Gasteiger partial charge in [-0.05, 0) is 58.1 Å². The summed E-state index contributed by atoms with van der Waals surface area (Å²) >= 11 is 0. The van der Waals surface area contributed by atoms with Crippen LogP contribution in [0.15, 0.2) is 17.0 Å². The Kier molecular flexibility index (Phi) is 4.08. The van der Waals surface area contributed by atoms with E-state index in [0.717, 1.165) is 29.7 Å². The Morgan fingerprint density at radius 2 is 1.73 bits per heavy atom. The van der Waals surface area contributed by atoms with E-state index >= 15 is 0 Å². The van der Waals surface area contributed by atoms with Crippen LogP contribution >= 0.6 is 0 Å². The Balaban J connectivity index is 1.80. The predicted molar refractivity (Wildman–Crippen MR) is 88.6 cm³/mol. The lowest BCUT2D eigenvalue weighted by atomic mass is 10.1. The third-order valence-corrected chi connectivity index (χ3v) is 6.66. The zero-order valence-corrected chi connectivity index (χ0v) is 14.7. The summed E-state index contributed by atoms with van der Waals surface area (Å²) in [5, 5.41) is 0. The summed E-state index contributed by atoms with van der Waals surface area (Å²) in [5.74, 6) is 0. The van der Waals surface area contributed by atoms with Crippen LogP contribution in [-0.2, 0) is 10.0 Å². The normalized spacial score (nSPS) is 26.5. The maximum absolute atomic E-state index is 12.8. The fourth-order valence-corrected chi connectivity index (χ4v) is 5.62. The van der Waals surface area contributed by atoms with E-state index in [2.05, 4.69) is 16.5 Å². The van der Waals surface area contributed by atoms with E-state index in [1.165, 1.54) is 12.8 Å². The molecule has 3 rings (SSSR count). The minimum Gasteiger partial charge on any atom is -0.296 e. The first-order valence-electron chi connectivity index (χ1n) is 8.14. The lowest BCUT2D eigenvalue weighted by Crippen LogP contribution is -2.38. The average Bonchev–Trinajstić information content (AvgIpc) is 3.12. The fraction of sp³-hybridized carbons (Fsp3) is 0.647. The standard InChI is InChI=1S/C17H26N2O2S/c1-11-7-12(2)17(13(3)8-11)22(20,21)18-15-9-14(4)19(10-15)16-5-6-16/h7-8,14-16,18H,5-6,9-10H2,1-4H3/t14-,15-/m1/s1. The minimum absolute atomic E-state index is 0.0284. The molecule has 1 aliphatic carbocycles. The molecule has 2 fully saturated rings. The van der Waals surface area contributed by atoms with Gasteiger partial charge in [-0.15, -0.1) is 0 Å². The molecule has 0 bridgehead atoms. The van der Waals surface area contributed by atoms with Crippen LogP contribution in [-0.4, -0.2) is 38.0 Å². The van der Waals surface area contributed by atoms with Crippen molar-refractivity contribution in [1.82, 2.24) is 9.62 Å². The molecule has 122 valence electrons. The second-order valence-corrected chi connectivity index (χ2v) is 8.71. The van der Waals surface area contributed by atoms with Crippen molar-refractivity contribution in [3.05, 3.63) is 28.8 Å². The molecule has 5 heteroatoms. The van der Waals surface area contributed by atoms with Crippen LogP contribution in [0, 0.1) is 20.8 Å². The molecular weight excluding hydrogens is 296 g/mol. The van der Waals surface area contributed by atoms with Crippen LogP contribution in [0.3, 0.4) is 0 Å². The lowest BCUT2D eigenvalue weighted by molar-refractivity contribution is 0.256. The topological polar surface area (TPSA) is 49.4 Å². The molecule has 0 amide bonds. The molecular formula is C17H26N2O2S. The van der Waals surface area contributed by atoms with Crippen LogP contribution in [0.2, 0.25) is 0 Å². The monoisotopic (exact) mass is 322 g/mol. The highest BCUT2D eigenvalue weighted by Gasteiger charge is 2.40. The zero-order chi connectivity index (χ0) is 16.1. The molecule has 0 unspecified atom stereocenters. The summed E-state index contributed by atoms with van der Waals surface area (Å²) in [6.07, 6.45) is 3.43. The summed E-state index contributed by atoms with van der Waals surface area (Å²) < 4.78 is 28.6. The van der Waals surface area contributed by atoms with Crippen LogP contribution in [0.25, 0.3) is 0 Å². The fourth-order valence-electron chi connectivity index (χ4n) is 3.93. The van der Waals surface area contributed by atoms with Crippen LogP contribution in [0.5, 0.6) is 0 Å². The number of aryl methyl sites for hydroxylation is 3. The molecule has 0 radical (unpaired) electrons. The van der Waals surface area contributed by atoms with Gasteiger partial charge in [-0.3, -0.25) is 4.90 Å². The Bertz CT molecular complexity index is 657. The molecule has 1 aromatic carbocycles. The van der Waals surface area contributed by atoms with E-state index in [1.54, 1.807) is 0 Å². The highest BCUT2D eigenvalue weighted by molar-refractivity contribution is 7.89. The quantitative estimate of drug-likeness (QED) is 0.926. The first-order valence-corrected chi connectivity index (χ1v) is 9.62. The maximum atomic E-state index is 12.8. The Morgan fingerprint density at radius 3 is 2.27 bits per heavy atom. The summed E-state index contributed by atoms with van der Waals surface area (Å²) in [5.41, 5.74) is 2.76. The molecule has 2 atom stereocenters. The van der Waals surface area contributed by atoms with Gasteiger partial charge in [0.15, 0.2) is 0 Å². The Morgan fingerprint density at radius 1 is 1.14 bits per heavy atom. The van der Waals surface area contributed by atoms with E-state index in [9.17, 15) is 8.42 Å². The number of nitrogens with zero attached hydrogens (tertiary/aromatic N) is 1. The van der Waals surface area contributed by atoms with Crippen LogP contribution in [0.1, 0.15) is 42.9 Å². The van der Waals surface area contributed by atoms with Crippen molar-refractivity contribution in [1.29, 1.82) is 0 Å². The van der Waals surface area contributed by atoms with Gasteiger partial charge >= 0.3 is 0 Å². The van der Waals surface area contributed by atoms with E-state index in [-0.39, 0.29) is 6.04 Å². The third kappa shape index (κ3) is 3.07. The van der Waals surface area contributed by atoms with Crippen molar-refractivity contribution in [2.75, 3.05) is 6.54 Å². The smallest absolute Gasteiger partial charge is 0.241 e. The van der Waals surface area contributed by atoms with Crippen LogP contribution < -0.4 is 4.72 Å². The van der Waals surface area contributed by atoms with Gasteiger partial charge in [0.05, 0.1) is 4.90 Å². The maximum Gasteiger partial charge on any atom is 0.241 e. The van der Waals surface area contributed by atoms with Crippen molar-refractivity contribution in [2.24, 2.45) is 0 Å². The van der Waals surface area contributed by atoms with Crippen molar-refractivity contribution < 1.29 is 8.42 Å². The molecule has 1 aromatic rings. The summed E-state index contributed by atoms with van der Waals surface area (Å²) in [4.78, 5) is 2.91. The van der Waals surface area contributed by atoms with Gasteiger partial charge in [0, 0.05) is 24.7 Å². The van der Waals surface area contributed by atoms with Crippen LogP contribution in [0.4, 0.5) is 0 Å².